The minimum Gasteiger partial charge on any atom is -0.444 e. The summed E-state index contributed by atoms with van der Waals surface area (Å²) < 4.78 is 5.13. The molecule has 0 aliphatic carbocycles. The van der Waals surface area contributed by atoms with E-state index in [1.54, 1.807) is 0 Å². The lowest BCUT2D eigenvalue weighted by Gasteiger charge is -2.19. The molecule has 0 aliphatic rings. The molecule has 1 amide bonds. The molecule has 0 aliphatic heterocycles. The van der Waals surface area contributed by atoms with Crippen LogP contribution in [0.15, 0.2) is 24.3 Å². The van der Waals surface area contributed by atoms with Crippen molar-refractivity contribution in [1.82, 2.24) is 5.32 Å². The highest BCUT2D eigenvalue weighted by Gasteiger charge is 2.15. The number of amides is 1. The number of hydrogen-bond acceptors (Lipinski definition) is 2. The predicted octanol–water partition coefficient (Wildman–Crippen LogP) is 3.52. The van der Waals surface area contributed by atoms with Crippen LogP contribution in [0.1, 0.15) is 45.2 Å². The van der Waals surface area contributed by atoms with Crippen molar-refractivity contribution in [3.8, 4) is 11.8 Å². The molecule has 0 radical (unpaired) electrons. The molecule has 108 valence electrons. The minimum absolute atomic E-state index is 0.396. The van der Waals surface area contributed by atoms with Gasteiger partial charge in [0.25, 0.3) is 0 Å². The van der Waals surface area contributed by atoms with Crippen LogP contribution >= 0.6 is 0 Å². The largest absolute Gasteiger partial charge is 0.444 e. The number of benzene rings is 1. The number of alkyl carbamates (subject to hydrolysis) is 1. The van der Waals surface area contributed by atoms with E-state index in [4.69, 9.17) is 4.74 Å². The molecule has 1 rings (SSSR count). The second-order valence-electron chi connectivity index (χ2n) is 5.53. The first kappa shape index (κ1) is 16.1. The van der Waals surface area contributed by atoms with Gasteiger partial charge in [-0.05, 0) is 44.9 Å². The van der Waals surface area contributed by atoms with E-state index in [0.717, 1.165) is 12.0 Å². The summed E-state index contributed by atoms with van der Waals surface area (Å²) in [5.74, 6) is 6.15. The molecule has 1 N–H and O–H groups in total. The van der Waals surface area contributed by atoms with E-state index in [2.05, 4.69) is 36.2 Å². The molecule has 1 aromatic carbocycles. The Labute approximate surface area is 121 Å². The number of aryl methyl sites for hydroxylation is 1. The van der Waals surface area contributed by atoms with Gasteiger partial charge in [-0.2, -0.15) is 0 Å². The number of carbonyl (C=O) groups excluding carboxylic acids is 1. The van der Waals surface area contributed by atoms with Crippen LogP contribution in [-0.2, 0) is 11.2 Å². The maximum atomic E-state index is 11.4. The van der Waals surface area contributed by atoms with E-state index in [0.29, 0.717) is 13.0 Å². The van der Waals surface area contributed by atoms with E-state index in [1.807, 2.05) is 32.9 Å². The van der Waals surface area contributed by atoms with Crippen LogP contribution in [0.2, 0.25) is 0 Å². The predicted molar refractivity (Wildman–Crippen MR) is 81.6 cm³/mol. The number of carbonyl (C=O) groups is 1. The van der Waals surface area contributed by atoms with Crippen molar-refractivity contribution in [3.63, 3.8) is 0 Å². The SMILES string of the molecule is CCc1cccc(C#CCCNC(=O)OC(C)(C)C)c1. The van der Waals surface area contributed by atoms with Crippen molar-refractivity contribution >= 4 is 6.09 Å². The monoisotopic (exact) mass is 273 g/mol. The summed E-state index contributed by atoms with van der Waals surface area (Å²) in [6.07, 6.45) is 1.22. The van der Waals surface area contributed by atoms with Crippen LogP contribution in [-0.4, -0.2) is 18.2 Å². The molecule has 0 spiro atoms. The van der Waals surface area contributed by atoms with E-state index < -0.39 is 11.7 Å². The van der Waals surface area contributed by atoms with Crippen LogP contribution < -0.4 is 5.32 Å². The molecule has 0 saturated heterocycles. The lowest BCUT2D eigenvalue weighted by Crippen LogP contribution is -2.32. The quantitative estimate of drug-likeness (QED) is 0.676. The molecule has 20 heavy (non-hydrogen) atoms. The smallest absolute Gasteiger partial charge is 0.407 e. The Bertz CT molecular complexity index is 504. The van der Waals surface area contributed by atoms with Crippen LogP contribution in [0.4, 0.5) is 4.79 Å². The Balaban J connectivity index is 2.34. The fourth-order valence-electron chi connectivity index (χ4n) is 1.57. The van der Waals surface area contributed by atoms with Crippen molar-refractivity contribution in [3.05, 3.63) is 35.4 Å². The number of rotatable bonds is 3. The molecule has 3 heteroatoms. The maximum Gasteiger partial charge on any atom is 0.407 e. The molecule has 0 bridgehead atoms. The van der Waals surface area contributed by atoms with E-state index in [-0.39, 0.29) is 0 Å². The first-order valence-corrected chi connectivity index (χ1v) is 6.95. The van der Waals surface area contributed by atoms with E-state index in [9.17, 15) is 4.79 Å². The van der Waals surface area contributed by atoms with Gasteiger partial charge in [-0.25, -0.2) is 4.79 Å². The lowest BCUT2D eigenvalue weighted by atomic mass is 10.1. The zero-order valence-electron chi connectivity index (χ0n) is 12.7. The molecule has 0 fully saturated rings. The number of ether oxygens (including phenoxy) is 1. The minimum atomic E-state index is -0.462. The Morgan fingerprint density at radius 2 is 2.10 bits per heavy atom. The molecule has 0 aromatic heterocycles. The molecule has 0 heterocycles. The first-order chi connectivity index (χ1) is 9.40. The van der Waals surface area contributed by atoms with Gasteiger partial charge in [0, 0.05) is 18.5 Å². The Morgan fingerprint density at radius 1 is 1.35 bits per heavy atom. The molecule has 0 unspecified atom stereocenters. The fourth-order valence-corrected chi connectivity index (χ4v) is 1.57. The highest BCUT2D eigenvalue weighted by atomic mass is 16.6. The number of hydrogen-bond donors (Lipinski definition) is 1. The highest BCUT2D eigenvalue weighted by molar-refractivity contribution is 5.67. The average molecular weight is 273 g/mol. The summed E-state index contributed by atoms with van der Waals surface area (Å²) in [6, 6.07) is 8.19. The second kappa shape index (κ2) is 7.59. The molecular weight excluding hydrogens is 250 g/mol. The van der Waals surface area contributed by atoms with Crippen LogP contribution in [0, 0.1) is 11.8 Å². The third-order valence-corrected chi connectivity index (χ3v) is 2.49. The molecule has 0 atom stereocenters. The zero-order chi connectivity index (χ0) is 15.0. The standard InChI is InChI=1S/C17H23NO2/c1-5-14-10-8-11-15(13-14)9-6-7-12-18-16(19)20-17(2,3)4/h8,10-11,13H,5,7,12H2,1-4H3,(H,18,19). The second-order valence-corrected chi connectivity index (χ2v) is 5.53. The van der Waals surface area contributed by atoms with E-state index in [1.165, 1.54) is 5.56 Å². The topological polar surface area (TPSA) is 38.3 Å². The number of nitrogens with one attached hydrogen (secondary N) is 1. The molecule has 0 saturated carbocycles. The van der Waals surface area contributed by atoms with Crippen molar-refractivity contribution in [2.45, 2.75) is 46.1 Å². The van der Waals surface area contributed by atoms with Crippen LogP contribution in [0.3, 0.4) is 0 Å². The summed E-state index contributed by atoms with van der Waals surface area (Å²) in [4.78, 5) is 11.4. The summed E-state index contributed by atoms with van der Waals surface area (Å²) in [5.41, 5.74) is 1.83. The van der Waals surface area contributed by atoms with Gasteiger partial charge in [0.2, 0.25) is 0 Å². The summed E-state index contributed by atoms with van der Waals surface area (Å²) >= 11 is 0. The summed E-state index contributed by atoms with van der Waals surface area (Å²) in [7, 11) is 0. The van der Waals surface area contributed by atoms with Crippen molar-refractivity contribution in [2.75, 3.05) is 6.54 Å². The van der Waals surface area contributed by atoms with Crippen LogP contribution in [0.5, 0.6) is 0 Å². The molecule has 3 nitrogen and oxygen atoms in total. The van der Waals surface area contributed by atoms with Gasteiger partial charge in [0.1, 0.15) is 5.60 Å². The Kier molecular flexibility index (Phi) is 6.11. The summed E-state index contributed by atoms with van der Waals surface area (Å²) in [6.45, 7) is 8.14. The Hall–Kier alpha value is -1.95. The van der Waals surface area contributed by atoms with Gasteiger partial charge in [-0.3, -0.25) is 0 Å². The highest BCUT2D eigenvalue weighted by Crippen LogP contribution is 2.06. The fraction of sp³-hybridized carbons (Fsp3) is 0.471. The van der Waals surface area contributed by atoms with Gasteiger partial charge in [0.15, 0.2) is 0 Å². The average Bonchev–Trinajstić information content (AvgIpc) is 2.36. The van der Waals surface area contributed by atoms with Crippen LogP contribution in [0.25, 0.3) is 0 Å². The molecule has 1 aromatic rings. The van der Waals surface area contributed by atoms with Gasteiger partial charge in [-0.15, -0.1) is 0 Å². The normalized spacial score (nSPS) is 10.4. The molecular formula is C17H23NO2. The first-order valence-electron chi connectivity index (χ1n) is 6.95. The van der Waals surface area contributed by atoms with Crippen molar-refractivity contribution < 1.29 is 9.53 Å². The maximum absolute atomic E-state index is 11.4. The third-order valence-electron chi connectivity index (χ3n) is 2.49. The van der Waals surface area contributed by atoms with Gasteiger partial charge in [0.05, 0.1) is 0 Å². The van der Waals surface area contributed by atoms with Crippen molar-refractivity contribution in [1.29, 1.82) is 0 Å². The van der Waals surface area contributed by atoms with Gasteiger partial charge in [-0.1, -0.05) is 30.9 Å². The van der Waals surface area contributed by atoms with Gasteiger partial charge >= 0.3 is 6.09 Å². The third kappa shape index (κ3) is 6.84. The van der Waals surface area contributed by atoms with Crippen molar-refractivity contribution in [2.24, 2.45) is 0 Å². The summed E-state index contributed by atoms with van der Waals surface area (Å²) in [5, 5.41) is 2.68. The lowest BCUT2D eigenvalue weighted by molar-refractivity contribution is 0.0529. The Morgan fingerprint density at radius 3 is 2.75 bits per heavy atom. The zero-order valence-corrected chi connectivity index (χ0v) is 12.7. The van der Waals surface area contributed by atoms with Gasteiger partial charge < -0.3 is 10.1 Å². The van der Waals surface area contributed by atoms with E-state index >= 15 is 0 Å².